The molecule has 0 N–H and O–H groups in total. The Morgan fingerprint density at radius 3 is 0.923 bits per heavy atom. The van der Waals surface area contributed by atoms with Crippen molar-refractivity contribution in [2.75, 3.05) is 39.2 Å². The number of thiazole rings is 6. The van der Waals surface area contributed by atoms with Gasteiger partial charge in [-0.15, -0.1) is 68.9 Å². The first-order valence-corrected chi connectivity index (χ1v) is 40.4. The number of thioether (sulfide) groups is 2. The molecular weight excluding hydrogens is 1770 g/mol. The largest absolute Gasteiger partial charge is 0.485 e. The maximum Gasteiger partial charge on any atom is 0.209 e. The van der Waals surface area contributed by atoms with Crippen LogP contribution in [0.4, 0.5) is 13.2 Å². The van der Waals surface area contributed by atoms with Gasteiger partial charge in [-0.25, -0.2) is 59.9 Å². The quantitative estimate of drug-likeness (QED) is 0.103. The van der Waals surface area contributed by atoms with E-state index in [2.05, 4.69) is 155 Å². The molecule has 12 aromatic heterocycles. The lowest BCUT2D eigenvalue weighted by atomic mass is 10.3. The SMILES string of the molecule is COc1sc(-c2cccnc2)nc1Br.COc1sc(-c2cncc(F)c2)nc1Br.CS(=O)(=O)c1sc(-c2cccnc2)nc1Br.CS(=O)(=O)c1sc(-c2cncc(F)c2)nc1Br.CSc1sc(-c2cccnc2)nc1Br.CSc1sc(-c2cncc(F)c2)nc1Br. The maximum atomic E-state index is 13.0. The van der Waals surface area contributed by atoms with E-state index < -0.39 is 25.5 Å². The summed E-state index contributed by atoms with van der Waals surface area (Å²) < 4.78 is 101. The Bertz CT molecular complexity index is 4430. The Hall–Kier alpha value is -4.45. The smallest absolute Gasteiger partial charge is 0.209 e. The van der Waals surface area contributed by atoms with E-state index in [-0.39, 0.29) is 24.7 Å². The van der Waals surface area contributed by atoms with Crippen LogP contribution in [-0.2, 0) is 19.7 Å². The number of hydrogen-bond donors (Lipinski definition) is 0. The summed E-state index contributed by atoms with van der Waals surface area (Å²) >= 11 is 31.0. The van der Waals surface area contributed by atoms with Gasteiger partial charge in [0.1, 0.15) is 65.9 Å². The number of rotatable bonds is 12. The van der Waals surface area contributed by atoms with Crippen LogP contribution in [0.15, 0.2) is 173 Å². The highest BCUT2D eigenvalue weighted by Crippen LogP contribution is 2.41. The lowest BCUT2D eigenvalue weighted by Gasteiger charge is -1.94. The molecule has 0 saturated heterocycles. The zero-order valence-electron chi connectivity index (χ0n) is 46.9. The van der Waals surface area contributed by atoms with E-state index in [9.17, 15) is 30.0 Å². The summed E-state index contributed by atoms with van der Waals surface area (Å²) in [6.07, 6.45) is 24.7. The molecule has 0 atom stereocenters. The number of methoxy groups -OCH3 is 2. The highest BCUT2D eigenvalue weighted by atomic mass is 79.9. The summed E-state index contributed by atoms with van der Waals surface area (Å²) in [5.74, 6) is -1.21. The molecule has 91 heavy (non-hydrogen) atoms. The number of halogens is 9. The molecule has 0 fully saturated rings. The van der Waals surface area contributed by atoms with Crippen molar-refractivity contribution in [1.29, 1.82) is 0 Å². The highest BCUT2D eigenvalue weighted by molar-refractivity contribution is 9.11. The molecule has 37 heteroatoms. The Morgan fingerprint density at radius 1 is 0.385 bits per heavy atom. The fraction of sp³-hybridized carbons (Fsp3) is 0.111. The highest BCUT2D eigenvalue weighted by Gasteiger charge is 2.21. The minimum atomic E-state index is -3.34. The molecule has 0 aromatic carbocycles. The third kappa shape index (κ3) is 21.8. The monoisotopic (exact) mass is 1800 g/mol. The van der Waals surface area contributed by atoms with Crippen molar-refractivity contribution in [3.63, 3.8) is 0 Å². The van der Waals surface area contributed by atoms with Gasteiger partial charge in [-0.2, -0.15) is 0 Å². The fourth-order valence-corrected chi connectivity index (χ4v) is 20.9. The molecule has 12 aromatic rings. The van der Waals surface area contributed by atoms with Crippen LogP contribution in [-0.4, -0.2) is 116 Å². The Morgan fingerprint density at radius 2 is 0.659 bits per heavy atom. The molecule has 0 unspecified atom stereocenters. The Labute approximate surface area is 602 Å². The van der Waals surface area contributed by atoms with E-state index in [4.69, 9.17) is 9.47 Å². The predicted molar refractivity (Wildman–Crippen MR) is 381 cm³/mol. The Kier molecular flexibility index (Phi) is 28.7. The zero-order chi connectivity index (χ0) is 66.0. The van der Waals surface area contributed by atoms with Crippen LogP contribution in [0, 0.1) is 17.5 Å². The van der Waals surface area contributed by atoms with Gasteiger partial charge in [-0.3, -0.25) is 29.9 Å². The van der Waals surface area contributed by atoms with Crippen LogP contribution in [0.5, 0.6) is 10.1 Å². The average Bonchev–Trinajstić information content (AvgIpc) is 2.95. The van der Waals surface area contributed by atoms with E-state index in [1.165, 1.54) is 68.8 Å². The van der Waals surface area contributed by atoms with Gasteiger partial charge in [0.2, 0.25) is 10.1 Å². The molecule has 0 aliphatic rings. The zero-order valence-corrected chi connectivity index (χ0v) is 64.6. The summed E-state index contributed by atoms with van der Waals surface area (Å²) in [5.41, 5.74) is 4.68. The lowest BCUT2D eigenvalue weighted by Crippen LogP contribution is -1.93. The molecule has 12 rings (SSSR count). The predicted octanol–water partition coefficient (Wildman–Crippen LogP) is 18.5. The number of ether oxygens (including phenoxy) is 2. The lowest BCUT2D eigenvalue weighted by molar-refractivity contribution is 0.423. The number of hydrogen-bond acceptors (Lipinski definition) is 26. The van der Waals surface area contributed by atoms with Crippen LogP contribution >= 0.6 is 187 Å². The van der Waals surface area contributed by atoms with E-state index >= 15 is 0 Å². The van der Waals surface area contributed by atoms with Crippen molar-refractivity contribution >= 4 is 207 Å². The molecule has 0 bridgehead atoms. The first-order chi connectivity index (χ1) is 43.4. The molecule has 0 amide bonds. The molecule has 0 spiro atoms. The normalized spacial score (nSPS) is 10.8. The molecule has 0 saturated carbocycles. The summed E-state index contributed by atoms with van der Waals surface area (Å²) in [6, 6.07) is 15.5. The van der Waals surface area contributed by atoms with E-state index in [1.807, 2.05) is 49.0 Å². The van der Waals surface area contributed by atoms with Crippen molar-refractivity contribution in [2.45, 2.75) is 16.8 Å². The second-order valence-corrected chi connectivity index (χ2v) is 33.8. The van der Waals surface area contributed by atoms with Crippen LogP contribution < -0.4 is 9.47 Å². The molecule has 474 valence electrons. The third-order valence-electron chi connectivity index (χ3n) is 10.3. The average molecular weight is 1810 g/mol. The van der Waals surface area contributed by atoms with Gasteiger partial charge in [0.05, 0.1) is 41.2 Å². The fourth-order valence-electron chi connectivity index (χ4n) is 6.48. The van der Waals surface area contributed by atoms with E-state index in [1.54, 1.807) is 98.5 Å². The van der Waals surface area contributed by atoms with Gasteiger partial charge in [0, 0.05) is 102 Å². The van der Waals surface area contributed by atoms with Crippen molar-refractivity contribution in [1.82, 2.24) is 59.8 Å². The topological polar surface area (TPSA) is 241 Å². The summed E-state index contributed by atoms with van der Waals surface area (Å²) in [7, 11) is -3.38. The first kappa shape index (κ1) is 74.0. The number of aromatic nitrogens is 12. The summed E-state index contributed by atoms with van der Waals surface area (Å²) in [6.45, 7) is 0. The second kappa shape index (κ2) is 35.3. The van der Waals surface area contributed by atoms with Gasteiger partial charge in [0.25, 0.3) is 0 Å². The maximum absolute atomic E-state index is 13.0. The van der Waals surface area contributed by atoms with Crippen LogP contribution in [0.2, 0.25) is 0 Å². The molecule has 0 radical (unpaired) electrons. The van der Waals surface area contributed by atoms with Crippen molar-refractivity contribution in [3.05, 3.63) is 174 Å². The molecular formula is C54H39Br6F3N12O6S10. The standard InChI is InChI=1S/C9H6BrFN2O2S2.C9H6BrFN2OS.C9H6BrFN2S2.C9H7BrN2O2S2.C9H7BrN2OS.C9H7BrN2S2/c1-17(14,15)9-7(10)13-8(16-9)5-2-6(11)4-12-3-5;2*1-14-9-7(10)13-8(15-9)5-2-6(11)4-12-3-5;1-16(13,14)9-7(10)12-8(15-9)6-3-2-4-11-5-6;2*1-13-9-7(10)12-8(14-9)6-3-2-4-11-5-6/h2-4H,1H3;2*2-4H,1H3;2-5H,1H3;2*2-5H,1H3. The molecule has 18 nitrogen and oxygen atoms in total. The van der Waals surface area contributed by atoms with Gasteiger partial charge in [-0.1, -0.05) is 22.7 Å². The van der Waals surface area contributed by atoms with Crippen molar-refractivity contribution in [3.8, 4) is 73.6 Å². The van der Waals surface area contributed by atoms with E-state index in [0.717, 1.165) is 102 Å². The van der Waals surface area contributed by atoms with E-state index in [0.29, 0.717) is 46.0 Å². The minimum absolute atomic E-state index is 0.122. The van der Waals surface area contributed by atoms with Gasteiger partial charge in [-0.05, 0) is 163 Å². The van der Waals surface area contributed by atoms with Crippen molar-refractivity contribution in [2.24, 2.45) is 0 Å². The summed E-state index contributed by atoms with van der Waals surface area (Å²) in [5, 5.41) is 5.85. The molecule has 0 aliphatic heterocycles. The number of pyridine rings is 6. The molecule has 0 aliphatic carbocycles. The summed E-state index contributed by atoms with van der Waals surface area (Å²) in [4.78, 5) is 48.8. The second-order valence-electron chi connectivity index (χ2n) is 16.8. The van der Waals surface area contributed by atoms with Crippen LogP contribution in [0.1, 0.15) is 0 Å². The number of sulfone groups is 2. The van der Waals surface area contributed by atoms with Crippen LogP contribution in [0.3, 0.4) is 0 Å². The van der Waals surface area contributed by atoms with Crippen molar-refractivity contribution < 1.29 is 39.5 Å². The van der Waals surface area contributed by atoms with Gasteiger partial charge < -0.3 is 9.47 Å². The number of nitrogens with zero attached hydrogens (tertiary/aromatic N) is 12. The van der Waals surface area contributed by atoms with Gasteiger partial charge >= 0.3 is 0 Å². The minimum Gasteiger partial charge on any atom is -0.485 e. The van der Waals surface area contributed by atoms with Gasteiger partial charge in [0.15, 0.2) is 37.3 Å². The Balaban J connectivity index is 0.000000155. The first-order valence-electron chi connectivity index (χ1n) is 24.5. The third-order valence-corrected chi connectivity index (χ3v) is 28.7. The molecule has 12 heterocycles. The van der Waals surface area contributed by atoms with Crippen LogP contribution in [0.25, 0.3) is 63.4 Å².